The molecule has 1 aromatic heterocycles. The lowest BCUT2D eigenvalue weighted by molar-refractivity contribution is 0.0953. The molecule has 0 atom stereocenters. The number of rotatable bonds is 4. The van der Waals surface area contributed by atoms with Crippen molar-refractivity contribution in [3.8, 4) is 0 Å². The summed E-state index contributed by atoms with van der Waals surface area (Å²) in [6, 6.07) is 3.62. The number of Topliss-reactive ketones (excluding diaryl/α,β-unsaturated/α-hetero) is 1. The lowest BCUT2D eigenvalue weighted by Crippen LogP contribution is -1.94. The van der Waals surface area contributed by atoms with Crippen molar-refractivity contribution >= 4 is 5.78 Å². The molecule has 2 nitrogen and oxygen atoms in total. The van der Waals surface area contributed by atoms with E-state index in [4.69, 9.17) is 4.42 Å². The molecule has 12 heavy (non-hydrogen) atoms. The third-order valence-corrected chi connectivity index (χ3v) is 1.76. The molecule has 1 rings (SSSR count). The van der Waals surface area contributed by atoms with Crippen molar-refractivity contribution in [3.05, 3.63) is 23.7 Å². The molecule has 0 unspecified atom stereocenters. The monoisotopic (exact) mass is 166 g/mol. The van der Waals surface area contributed by atoms with Crippen LogP contribution in [-0.4, -0.2) is 5.78 Å². The first-order valence-electron chi connectivity index (χ1n) is 4.39. The molecule has 66 valence electrons. The quantitative estimate of drug-likeness (QED) is 0.644. The van der Waals surface area contributed by atoms with Crippen LogP contribution < -0.4 is 0 Å². The Morgan fingerprint density at radius 1 is 1.42 bits per heavy atom. The molecule has 0 aliphatic heterocycles. The largest absolute Gasteiger partial charge is 0.458 e. The summed E-state index contributed by atoms with van der Waals surface area (Å²) in [4.78, 5) is 11.3. The zero-order valence-electron chi connectivity index (χ0n) is 7.59. The Kier molecular flexibility index (Phi) is 3.09. The molecule has 0 aliphatic carbocycles. The molecule has 0 aliphatic rings. The van der Waals surface area contributed by atoms with E-state index in [1.165, 1.54) is 0 Å². The minimum Gasteiger partial charge on any atom is -0.458 e. The average Bonchev–Trinajstić information content (AvgIpc) is 2.52. The normalized spacial score (nSPS) is 10.2. The van der Waals surface area contributed by atoms with Gasteiger partial charge in [-0.3, -0.25) is 4.79 Å². The summed E-state index contributed by atoms with van der Waals surface area (Å²) < 4.78 is 5.30. The first kappa shape index (κ1) is 9.04. The standard InChI is InChI=1S/C10H14O2/c1-3-5-9(11)10-7-6-8(4-2)12-10/h6-7H,3-5H2,1-2H3. The average molecular weight is 166 g/mol. The molecular weight excluding hydrogens is 152 g/mol. The predicted octanol–water partition coefficient (Wildman–Crippen LogP) is 2.82. The summed E-state index contributed by atoms with van der Waals surface area (Å²) in [5.41, 5.74) is 0. The summed E-state index contributed by atoms with van der Waals surface area (Å²) in [6.07, 6.45) is 2.30. The van der Waals surface area contributed by atoms with Crippen molar-refractivity contribution in [3.63, 3.8) is 0 Å². The van der Waals surface area contributed by atoms with Crippen LogP contribution in [0.2, 0.25) is 0 Å². The van der Waals surface area contributed by atoms with Gasteiger partial charge in [0, 0.05) is 12.8 Å². The van der Waals surface area contributed by atoms with Gasteiger partial charge in [-0.2, -0.15) is 0 Å². The van der Waals surface area contributed by atoms with E-state index in [2.05, 4.69) is 0 Å². The summed E-state index contributed by atoms with van der Waals surface area (Å²) in [5.74, 6) is 1.50. The Balaban J connectivity index is 2.68. The molecule has 1 heterocycles. The second kappa shape index (κ2) is 4.10. The number of aryl methyl sites for hydroxylation is 1. The van der Waals surface area contributed by atoms with Gasteiger partial charge in [0.05, 0.1) is 0 Å². The lowest BCUT2D eigenvalue weighted by Gasteiger charge is -1.92. The molecule has 0 spiro atoms. The number of carbonyl (C=O) groups excluding carboxylic acids is 1. The molecule has 0 fully saturated rings. The van der Waals surface area contributed by atoms with Crippen LogP contribution in [0.1, 0.15) is 43.0 Å². The second-order valence-corrected chi connectivity index (χ2v) is 2.79. The van der Waals surface area contributed by atoms with Crippen LogP contribution in [0.3, 0.4) is 0 Å². The van der Waals surface area contributed by atoms with Crippen molar-refractivity contribution in [1.82, 2.24) is 0 Å². The fraction of sp³-hybridized carbons (Fsp3) is 0.500. The highest BCUT2D eigenvalue weighted by Gasteiger charge is 2.08. The van der Waals surface area contributed by atoms with Crippen molar-refractivity contribution in [1.29, 1.82) is 0 Å². The Morgan fingerprint density at radius 3 is 2.67 bits per heavy atom. The maximum atomic E-state index is 11.3. The highest BCUT2D eigenvalue weighted by Crippen LogP contribution is 2.11. The predicted molar refractivity (Wildman–Crippen MR) is 47.3 cm³/mol. The molecule has 0 radical (unpaired) electrons. The van der Waals surface area contributed by atoms with Crippen molar-refractivity contribution in [2.24, 2.45) is 0 Å². The highest BCUT2D eigenvalue weighted by molar-refractivity contribution is 5.93. The van der Waals surface area contributed by atoms with Crippen LogP contribution in [0, 0.1) is 0 Å². The molecule has 0 amide bonds. The zero-order valence-corrected chi connectivity index (χ0v) is 7.59. The maximum Gasteiger partial charge on any atom is 0.197 e. The summed E-state index contributed by atoms with van der Waals surface area (Å²) in [6.45, 7) is 3.99. The van der Waals surface area contributed by atoms with Gasteiger partial charge in [0.1, 0.15) is 5.76 Å². The molecule has 1 aromatic rings. The van der Waals surface area contributed by atoms with Crippen LogP contribution in [0.15, 0.2) is 16.5 Å². The highest BCUT2D eigenvalue weighted by atomic mass is 16.3. The van der Waals surface area contributed by atoms with Crippen molar-refractivity contribution in [2.45, 2.75) is 33.1 Å². The summed E-state index contributed by atoms with van der Waals surface area (Å²) in [5, 5.41) is 0. The van der Waals surface area contributed by atoms with E-state index in [0.29, 0.717) is 12.2 Å². The maximum absolute atomic E-state index is 11.3. The number of carbonyl (C=O) groups is 1. The van der Waals surface area contributed by atoms with Crippen LogP contribution in [0.4, 0.5) is 0 Å². The molecule has 0 saturated heterocycles. The molecule has 0 N–H and O–H groups in total. The SMILES string of the molecule is CCCC(=O)c1ccc(CC)o1. The molecule has 2 heteroatoms. The smallest absolute Gasteiger partial charge is 0.197 e. The van der Waals surface area contributed by atoms with E-state index in [9.17, 15) is 4.79 Å². The minimum atomic E-state index is 0.109. The van der Waals surface area contributed by atoms with E-state index in [1.54, 1.807) is 6.07 Å². The van der Waals surface area contributed by atoms with Crippen molar-refractivity contribution in [2.75, 3.05) is 0 Å². The fourth-order valence-electron chi connectivity index (χ4n) is 1.07. The van der Waals surface area contributed by atoms with Crippen LogP contribution in [0.25, 0.3) is 0 Å². The third kappa shape index (κ3) is 1.97. The molecule has 0 aromatic carbocycles. The van der Waals surface area contributed by atoms with Gasteiger partial charge in [-0.1, -0.05) is 13.8 Å². The van der Waals surface area contributed by atoms with Gasteiger partial charge in [0.2, 0.25) is 0 Å². The third-order valence-electron chi connectivity index (χ3n) is 1.76. The van der Waals surface area contributed by atoms with Gasteiger partial charge in [-0.15, -0.1) is 0 Å². The summed E-state index contributed by atoms with van der Waals surface area (Å²) in [7, 11) is 0. The molecular formula is C10H14O2. The van der Waals surface area contributed by atoms with Crippen LogP contribution in [-0.2, 0) is 6.42 Å². The van der Waals surface area contributed by atoms with Gasteiger partial charge in [-0.25, -0.2) is 0 Å². The van der Waals surface area contributed by atoms with Gasteiger partial charge in [0.25, 0.3) is 0 Å². The first-order valence-corrected chi connectivity index (χ1v) is 4.39. The van der Waals surface area contributed by atoms with E-state index in [-0.39, 0.29) is 5.78 Å². The topological polar surface area (TPSA) is 30.2 Å². The number of ketones is 1. The van der Waals surface area contributed by atoms with Crippen LogP contribution >= 0.6 is 0 Å². The van der Waals surface area contributed by atoms with Crippen molar-refractivity contribution < 1.29 is 9.21 Å². The number of hydrogen-bond acceptors (Lipinski definition) is 2. The van der Waals surface area contributed by atoms with E-state index < -0.39 is 0 Å². The molecule has 0 bridgehead atoms. The minimum absolute atomic E-state index is 0.109. The van der Waals surface area contributed by atoms with E-state index in [1.807, 2.05) is 19.9 Å². The van der Waals surface area contributed by atoms with Crippen LogP contribution in [0.5, 0.6) is 0 Å². The Morgan fingerprint density at radius 2 is 2.17 bits per heavy atom. The first-order chi connectivity index (χ1) is 5.77. The Labute approximate surface area is 72.6 Å². The van der Waals surface area contributed by atoms with Gasteiger partial charge in [0.15, 0.2) is 11.5 Å². The zero-order chi connectivity index (χ0) is 8.97. The fourth-order valence-corrected chi connectivity index (χ4v) is 1.07. The Bertz CT molecular complexity index is 261. The van der Waals surface area contributed by atoms with E-state index in [0.717, 1.165) is 18.6 Å². The Hall–Kier alpha value is -1.05. The number of furan rings is 1. The number of hydrogen-bond donors (Lipinski definition) is 0. The lowest BCUT2D eigenvalue weighted by atomic mass is 10.2. The van der Waals surface area contributed by atoms with Gasteiger partial charge in [-0.05, 0) is 18.6 Å². The molecule has 0 saturated carbocycles. The van der Waals surface area contributed by atoms with Gasteiger partial charge < -0.3 is 4.42 Å². The van der Waals surface area contributed by atoms with Gasteiger partial charge >= 0.3 is 0 Å². The second-order valence-electron chi connectivity index (χ2n) is 2.79. The van der Waals surface area contributed by atoms with E-state index >= 15 is 0 Å². The summed E-state index contributed by atoms with van der Waals surface area (Å²) >= 11 is 0.